The van der Waals surface area contributed by atoms with Gasteiger partial charge in [-0.2, -0.15) is 0 Å². The first-order chi connectivity index (χ1) is 17.0. The number of carboxylic acid groups (broad SMARTS) is 2. The fourth-order valence-electron chi connectivity index (χ4n) is 3.97. The van der Waals surface area contributed by atoms with Gasteiger partial charge >= 0.3 is 11.9 Å². The van der Waals surface area contributed by atoms with Crippen molar-refractivity contribution in [3.63, 3.8) is 0 Å². The number of amides is 2. The number of rotatable bonds is 5. The molecule has 0 radical (unpaired) electrons. The Morgan fingerprint density at radius 1 is 1.00 bits per heavy atom. The van der Waals surface area contributed by atoms with Crippen molar-refractivity contribution in [2.75, 3.05) is 4.90 Å². The molecule has 3 N–H and O–H groups in total. The molecule has 2 aromatic carbocycles. The van der Waals surface area contributed by atoms with Crippen LogP contribution >= 0.6 is 23.8 Å². The summed E-state index contributed by atoms with van der Waals surface area (Å²) in [6.07, 6.45) is 1.42. The highest BCUT2D eigenvalue weighted by Crippen LogP contribution is 2.28. The SMILES string of the molecule is Cc1cc(C=C2C(=O)NC(=S)N(c3cccc(C(=O)O)c3)C2=O)c(C)n1-c1ccc(Cl)c(C(=O)O)c1. The third-order valence-electron chi connectivity index (χ3n) is 5.66. The molecule has 0 bridgehead atoms. The summed E-state index contributed by atoms with van der Waals surface area (Å²) in [5.41, 5.74) is 2.36. The van der Waals surface area contributed by atoms with Crippen LogP contribution in [-0.4, -0.2) is 43.6 Å². The molecule has 1 saturated heterocycles. The van der Waals surface area contributed by atoms with Gasteiger partial charge in [-0.25, -0.2) is 9.59 Å². The molecule has 0 aliphatic carbocycles. The molecule has 0 atom stereocenters. The number of anilines is 1. The molecule has 9 nitrogen and oxygen atoms in total. The number of carbonyl (C=O) groups is 4. The molecule has 1 fully saturated rings. The van der Waals surface area contributed by atoms with E-state index in [-0.39, 0.29) is 32.5 Å². The molecule has 2 heterocycles. The minimum Gasteiger partial charge on any atom is -0.478 e. The van der Waals surface area contributed by atoms with Gasteiger partial charge in [0.05, 0.1) is 21.8 Å². The van der Waals surface area contributed by atoms with Crippen molar-refractivity contribution in [3.8, 4) is 5.69 Å². The minimum atomic E-state index is -1.17. The van der Waals surface area contributed by atoms with Crippen LogP contribution in [0.15, 0.2) is 54.1 Å². The number of aromatic carboxylic acids is 2. The second-order valence-corrected chi connectivity index (χ2v) is 8.74. The maximum absolute atomic E-state index is 13.3. The lowest BCUT2D eigenvalue weighted by Crippen LogP contribution is -2.54. The van der Waals surface area contributed by atoms with Gasteiger partial charge in [0.2, 0.25) is 0 Å². The number of nitrogens with zero attached hydrogens (tertiary/aromatic N) is 2. The van der Waals surface area contributed by atoms with E-state index < -0.39 is 23.8 Å². The Morgan fingerprint density at radius 2 is 1.72 bits per heavy atom. The van der Waals surface area contributed by atoms with Crippen LogP contribution < -0.4 is 10.2 Å². The standard InChI is InChI=1S/C25H18ClN3O6S/c1-12-8-15(13(2)28(12)17-6-7-20(26)18(11-17)24(34)35)10-19-21(30)27-25(36)29(22(19)31)16-5-3-4-14(9-16)23(32)33/h3-11H,1-2H3,(H,32,33)(H,34,35)(H,27,30,36). The Kier molecular flexibility index (Phi) is 6.49. The molecule has 1 aliphatic heterocycles. The predicted molar refractivity (Wildman–Crippen MR) is 137 cm³/mol. The van der Waals surface area contributed by atoms with Crippen molar-refractivity contribution < 1.29 is 29.4 Å². The number of carboxylic acids is 2. The summed E-state index contributed by atoms with van der Waals surface area (Å²) in [5, 5.41) is 21.1. The predicted octanol–water partition coefficient (Wildman–Crippen LogP) is 3.98. The maximum Gasteiger partial charge on any atom is 0.337 e. The molecule has 11 heteroatoms. The number of nitrogens with one attached hydrogen (secondary N) is 1. The van der Waals surface area contributed by atoms with Crippen LogP contribution in [0.1, 0.15) is 37.7 Å². The van der Waals surface area contributed by atoms with Gasteiger partial charge in [0.1, 0.15) is 5.57 Å². The largest absolute Gasteiger partial charge is 0.478 e. The van der Waals surface area contributed by atoms with Crippen molar-refractivity contribution in [2.24, 2.45) is 0 Å². The fraction of sp³-hybridized carbons (Fsp3) is 0.0800. The first-order valence-electron chi connectivity index (χ1n) is 10.5. The lowest BCUT2D eigenvalue weighted by molar-refractivity contribution is -0.122. The van der Waals surface area contributed by atoms with Crippen LogP contribution in [0.3, 0.4) is 0 Å². The Labute approximate surface area is 215 Å². The minimum absolute atomic E-state index is 0.0437. The summed E-state index contributed by atoms with van der Waals surface area (Å²) in [6, 6.07) is 12.0. The molecule has 1 aromatic heterocycles. The number of hydrogen-bond donors (Lipinski definition) is 3. The van der Waals surface area contributed by atoms with E-state index in [1.54, 1.807) is 30.5 Å². The molecular formula is C25H18ClN3O6S. The van der Waals surface area contributed by atoms with Crippen molar-refractivity contribution >= 4 is 64.4 Å². The molecule has 1 aliphatic rings. The highest BCUT2D eigenvalue weighted by atomic mass is 35.5. The second-order valence-electron chi connectivity index (χ2n) is 7.94. The van der Waals surface area contributed by atoms with Crippen molar-refractivity contribution in [2.45, 2.75) is 13.8 Å². The summed E-state index contributed by atoms with van der Waals surface area (Å²) in [7, 11) is 0. The van der Waals surface area contributed by atoms with Gasteiger partial charge in [-0.3, -0.25) is 19.8 Å². The molecule has 3 aromatic rings. The Bertz CT molecular complexity index is 1520. The van der Waals surface area contributed by atoms with Crippen LogP contribution in [0.25, 0.3) is 11.8 Å². The second kappa shape index (κ2) is 9.40. The third-order valence-corrected chi connectivity index (χ3v) is 6.28. The average molecular weight is 524 g/mol. The number of benzene rings is 2. The van der Waals surface area contributed by atoms with Gasteiger partial charge in [0, 0.05) is 17.1 Å². The summed E-state index contributed by atoms with van der Waals surface area (Å²) in [6.45, 7) is 3.56. The molecule has 182 valence electrons. The van der Waals surface area contributed by atoms with Crippen molar-refractivity contribution in [1.29, 1.82) is 0 Å². The van der Waals surface area contributed by atoms with Crippen LogP contribution in [-0.2, 0) is 9.59 Å². The Morgan fingerprint density at radius 3 is 2.39 bits per heavy atom. The zero-order chi connectivity index (χ0) is 26.3. The van der Waals surface area contributed by atoms with E-state index in [9.17, 15) is 29.4 Å². The molecule has 0 saturated carbocycles. The van der Waals surface area contributed by atoms with Crippen LogP contribution in [0.4, 0.5) is 5.69 Å². The molecule has 0 spiro atoms. The molecule has 4 rings (SSSR count). The van der Waals surface area contributed by atoms with Gasteiger partial charge in [0.25, 0.3) is 11.8 Å². The van der Waals surface area contributed by atoms with E-state index in [1.807, 2.05) is 0 Å². The fourth-order valence-corrected chi connectivity index (χ4v) is 4.45. The van der Waals surface area contributed by atoms with E-state index >= 15 is 0 Å². The topological polar surface area (TPSA) is 129 Å². The number of carbonyl (C=O) groups excluding carboxylic acids is 2. The highest BCUT2D eigenvalue weighted by Gasteiger charge is 2.35. The van der Waals surface area contributed by atoms with Crippen LogP contribution in [0.2, 0.25) is 5.02 Å². The number of hydrogen-bond acceptors (Lipinski definition) is 5. The van der Waals surface area contributed by atoms with Gasteiger partial charge in [-0.15, -0.1) is 0 Å². The lowest BCUT2D eigenvalue weighted by atomic mass is 10.1. The normalized spacial score (nSPS) is 14.8. The maximum atomic E-state index is 13.3. The summed E-state index contributed by atoms with van der Waals surface area (Å²) in [4.78, 5) is 50.0. The first kappa shape index (κ1) is 24.8. The van der Waals surface area contributed by atoms with Crippen molar-refractivity contribution in [1.82, 2.24) is 9.88 Å². The quantitative estimate of drug-likeness (QED) is 0.262. The smallest absolute Gasteiger partial charge is 0.337 e. The van der Waals surface area contributed by atoms with E-state index in [2.05, 4.69) is 5.32 Å². The Hall–Kier alpha value is -4.28. The first-order valence-corrected chi connectivity index (χ1v) is 11.2. The van der Waals surface area contributed by atoms with Crippen molar-refractivity contribution in [3.05, 3.63) is 87.2 Å². The van der Waals surface area contributed by atoms with E-state index in [0.29, 0.717) is 16.9 Å². The van der Waals surface area contributed by atoms with Gasteiger partial charge in [0.15, 0.2) is 5.11 Å². The number of aryl methyl sites for hydroxylation is 1. The van der Waals surface area contributed by atoms with Gasteiger partial charge in [-0.1, -0.05) is 17.7 Å². The summed E-state index contributed by atoms with van der Waals surface area (Å²) < 4.78 is 1.78. The number of aromatic nitrogens is 1. The Balaban J connectivity index is 1.77. The molecular weight excluding hydrogens is 506 g/mol. The third kappa shape index (κ3) is 4.39. The van der Waals surface area contributed by atoms with E-state index in [4.69, 9.17) is 23.8 Å². The number of thiocarbonyl (C=S) groups is 1. The number of halogens is 1. The monoisotopic (exact) mass is 523 g/mol. The van der Waals surface area contributed by atoms with Crippen LogP contribution in [0, 0.1) is 13.8 Å². The molecule has 36 heavy (non-hydrogen) atoms. The van der Waals surface area contributed by atoms with E-state index in [0.717, 1.165) is 10.6 Å². The molecule has 2 amide bonds. The zero-order valence-corrected chi connectivity index (χ0v) is 20.5. The van der Waals surface area contributed by atoms with Gasteiger partial charge < -0.3 is 14.8 Å². The zero-order valence-electron chi connectivity index (χ0n) is 18.9. The van der Waals surface area contributed by atoms with Gasteiger partial charge in [-0.05, 0) is 80.2 Å². The van der Waals surface area contributed by atoms with E-state index in [1.165, 1.54) is 42.5 Å². The lowest BCUT2D eigenvalue weighted by Gasteiger charge is -2.29. The van der Waals surface area contributed by atoms with Crippen LogP contribution in [0.5, 0.6) is 0 Å². The average Bonchev–Trinajstić information content (AvgIpc) is 3.09. The summed E-state index contributed by atoms with van der Waals surface area (Å²) >= 11 is 11.2. The molecule has 0 unspecified atom stereocenters. The summed E-state index contributed by atoms with van der Waals surface area (Å²) in [5.74, 6) is -3.75. The highest BCUT2D eigenvalue weighted by molar-refractivity contribution is 7.80.